The quantitative estimate of drug-likeness (QED) is 0.557. The summed E-state index contributed by atoms with van der Waals surface area (Å²) >= 11 is 5.03. The third-order valence-corrected chi connectivity index (χ3v) is 3.77. The summed E-state index contributed by atoms with van der Waals surface area (Å²) in [7, 11) is -2.03. The van der Waals surface area contributed by atoms with Gasteiger partial charge in [0.05, 0.1) is 4.90 Å². The van der Waals surface area contributed by atoms with Crippen molar-refractivity contribution < 1.29 is 8.42 Å². The smallest absolute Gasteiger partial charge is 0.240 e. The highest BCUT2D eigenvalue weighted by Gasteiger charge is 2.10. The first kappa shape index (κ1) is 14.6. The Hall–Kier alpha value is -1.44. The van der Waals surface area contributed by atoms with E-state index in [-0.39, 0.29) is 4.90 Å². The molecule has 1 aromatic rings. The predicted molar refractivity (Wildman–Crippen MR) is 77.1 cm³/mol. The van der Waals surface area contributed by atoms with Gasteiger partial charge < -0.3 is 10.6 Å². The van der Waals surface area contributed by atoms with Gasteiger partial charge in [0.15, 0.2) is 5.11 Å². The Kier molecular flexibility index (Phi) is 5.26. The van der Waals surface area contributed by atoms with Crippen molar-refractivity contribution in [3.05, 3.63) is 36.9 Å². The largest absolute Gasteiger partial charge is 0.359 e. The maximum atomic E-state index is 11.5. The molecule has 0 bridgehead atoms. The molecule has 0 radical (unpaired) electrons. The normalized spacial score (nSPS) is 10.7. The molecule has 0 aliphatic heterocycles. The molecule has 0 aromatic heterocycles. The van der Waals surface area contributed by atoms with Crippen LogP contribution in [-0.4, -0.2) is 27.1 Å². The first-order chi connectivity index (χ1) is 8.49. The number of hydrogen-bond acceptors (Lipinski definition) is 3. The topological polar surface area (TPSA) is 70.2 Å². The summed E-state index contributed by atoms with van der Waals surface area (Å²) in [6, 6.07) is 6.30. The SMILES string of the molecule is C=CCNC(=S)Nc1ccc(S(=O)(=O)NC)cc1. The molecule has 1 rings (SSSR count). The number of anilines is 1. The molecule has 0 spiro atoms. The molecule has 98 valence electrons. The van der Waals surface area contributed by atoms with E-state index < -0.39 is 10.0 Å². The molecule has 0 saturated heterocycles. The number of nitrogens with one attached hydrogen (secondary N) is 3. The fourth-order valence-corrected chi connectivity index (χ4v) is 2.11. The highest BCUT2D eigenvalue weighted by atomic mass is 32.2. The van der Waals surface area contributed by atoms with Gasteiger partial charge in [-0.05, 0) is 43.5 Å². The van der Waals surface area contributed by atoms with E-state index in [1.807, 2.05) is 0 Å². The van der Waals surface area contributed by atoms with Crippen molar-refractivity contribution in [3.8, 4) is 0 Å². The zero-order valence-corrected chi connectivity index (χ0v) is 11.6. The molecule has 0 unspecified atom stereocenters. The molecule has 1 aromatic carbocycles. The second-order valence-corrected chi connectivity index (χ2v) is 5.65. The monoisotopic (exact) mass is 285 g/mol. The second kappa shape index (κ2) is 6.48. The Morgan fingerprint density at radius 1 is 1.39 bits per heavy atom. The van der Waals surface area contributed by atoms with E-state index in [4.69, 9.17) is 12.2 Å². The summed E-state index contributed by atoms with van der Waals surface area (Å²) in [6.45, 7) is 4.13. The lowest BCUT2D eigenvalue weighted by molar-refractivity contribution is 0.588. The first-order valence-corrected chi connectivity index (χ1v) is 7.08. The lowest BCUT2D eigenvalue weighted by Crippen LogP contribution is -2.28. The lowest BCUT2D eigenvalue weighted by atomic mass is 10.3. The van der Waals surface area contributed by atoms with Gasteiger partial charge in [-0.3, -0.25) is 0 Å². The molecule has 3 N–H and O–H groups in total. The van der Waals surface area contributed by atoms with Gasteiger partial charge in [-0.1, -0.05) is 6.08 Å². The van der Waals surface area contributed by atoms with Crippen LogP contribution in [0.15, 0.2) is 41.8 Å². The molecule has 5 nitrogen and oxygen atoms in total. The average molecular weight is 285 g/mol. The zero-order chi connectivity index (χ0) is 13.6. The summed E-state index contributed by atoms with van der Waals surface area (Å²) in [5.74, 6) is 0. The Balaban J connectivity index is 2.72. The predicted octanol–water partition coefficient (Wildman–Crippen LogP) is 1.07. The van der Waals surface area contributed by atoms with Crippen LogP contribution in [0.4, 0.5) is 5.69 Å². The minimum Gasteiger partial charge on any atom is -0.359 e. The van der Waals surface area contributed by atoms with Crippen molar-refractivity contribution in [2.75, 3.05) is 18.9 Å². The Labute approximate surface area is 112 Å². The van der Waals surface area contributed by atoms with E-state index in [1.165, 1.54) is 19.2 Å². The van der Waals surface area contributed by atoms with Crippen molar-refractivity contribution in [3.63, 3.8) is 0 Å². The Morgan fingerprint density at radius 2 is 2.00 bits per heavy atom. The van der Waals surface area contributed by atoms with Gasteiger partial charge in [-0.15, -0.1) is 6.58 Å². The Morgan fingerprint density at radius 3 is 2.50 bits per heavy atom. The van der Waals surface area contributed by atoms with Crippen LogP contribution in [-0.2, 0) is 10.0 Å². The van der Waals surface area contributed by atoms with Gasteiger partial charge in [-0.25, -0.2) is 13.1 Å². The fourth-order valence-electron chi connectivity index (χ4n) is 1.18. The number of rotatable bonds is 5. The Bertz CT molecular complexity index is 524. The van der Waals surface area contributed by atoms with Crippen LogP contribution in [0.25, 0.3) is 0 Å². The summed E-state index contributed by atoms with van der Waals surface area (Å²) in [6.07, 6.45) is 1.69. The van der Waals surface area contributed by atoms with Crippen molar-refractivity contribution in [2.24, 2.45) is 0 Å². The first-order valence-electron chi connectivity index (χ1n) is 5.19. The summed E-state index contributed by atoms with van der Waals surface area (Å²) in [5.41, 5.74) is 0.714. The fraction of sp³-hybridized carbons (Fsp3) is 0.182. The third kappa shape index (κ3) is 4.10. The lowest BCUT2D eigenvalue weighted by Gasteiger charge is -2.09. The maximum Gasteiger partial charge on any atom is 0.240 e. The summed E-state index contributed by atoms with van der Waals surface area (Å²) in [4.78, 5) is 0.209. The molecule has 0 fully saturated rings. The number of thiocarbonyl (C=S) groups is 1. The number of benzene rings is 1. The van der Waals surface area contributed by atoms with Crippen molar-refractivity contribution in [2.45, 2.75) is 4.90 Å². The third-order valence-electron chi connectivity index (χ3n) is 2.10. The van der Waals surface area contributed by atoms with Crippen LogP contribution in [0.2, 0.25) is 0 Å². The molecule has 0 saturated carbocycles. The highest BCUT2D eigenvalue weighted by Crippen LogP contribution is 2.13. The van der Waals surface area contributed by atoms with E-state index in [9.17, 15) is 8.42 Å². The van der Waals surface area contributed by atoms with E-state index in [1.54, 1.807) is 18.2 Å². The van der Waals surface area contributed by atoms with Gasteiger partial charge in [0.2, 0.25) is 10.0 Å². The van der Waals surface area contributed by atoms with Gasteiger partial charge in [0.1, 0.15) is 0 Å². The van der Waals surface area contributed by atoms with E-state index in [0.717, 1.165) is 0 Å². The molecule has 7 heteroatoms. The van der Waals surface area contributed by atoms with Crippen LogP contribution in [0.1, 0.15) is 0 Å². The molecule has 0 atom stereocenters. The molecular formula is C11H15N3O2S2. The van der Waals surface area contributed by atoms with Crippen LogP contribution in [0.3, 0.4) is 0 Å². The van der Waals surface area contributed by atoms with Crippen LogP contribution in [0, 0.1) is 0 Å². The average Bonchev–Trinajstić information content (AvgIpc) is 2.37. The standard InChI is InChI=1S/C11H15N3O2S2/c1-3-8-13-11(17)14-9-4-6-10(7-5-9)18(15,16)12-2/h3-7,12H,1,8H2,2H3,(H2,13,14,17). The molecule has 0 amide bonds. The van der Waals surface area contributed by atoms with Crippen molar-refractivity contribution >= 4 is 33.0 Å². The van der Waals surface area contributed by atoms with Crippen LogP contribution < -0.4 is 15.4 Å². The number of hydrogen-bond donors (Lipinski definition) is 3. The minimum atomic E-state index is -3.40. The van der Waals surface area contributed by atoms with Crippen LogP contribution >= 0.6 is 12.2 Å². The second-order valence-electron chi connectivity index (χ2n) is 3.36. The summed E-state index contributed by atoms with van der Waals surface area (Å²) in [5, 5.41) is 6.30. The molecule has 0 heterocycles. The van der Waals surface area contributed by atoms with E-state index in [2.05, 4.69) is 21.9 Å². The van der Waals surface area contributed by atoms with Gasteiger partial charge in [0, 0.05) is 12.2 Å². The van der Waals surface area contributed by atoms with Crippen LogP contribution in [0.5, 0.6) is 0 Å². The van der Waals surface area contributed by atoms with Gasteiger partial charge >= 0.3 is 0 Å². The zero-order valence-electron chi connectivity index (χ0n) is 9.93. The minimum absolute atomic E-state index is 0.209. The highest BCUT2D eigenvalue weighted by molar-refractivity contribution is 7.89. The van der Waals surface area contributed by atoms with Crippen molar-refractivity contribution in [1.29, 1.82) is 0 Å². The molecule has 0 aliphatic rings. The van der Waals surface area contributed by atoms with Crippen molar-refractivity contribution in [1.82, 2.24) is 10.0 Å². The number of sulfonamides is 1. The summed E-state index contributed by atoms with van der Waals surface area (Å²) < 4.78 is 25.2. The molecule has 0 aliphatic carbocycles. The molecule has 18 heavy (non-hydrogen) atoms. The maximum absolute atomic E-state index is 11.5. The molecular weight excluding hydrogens is 270 g/mol. The van der Waals surface area contributed by atoms with Gasteiger partial charge in [-0.2, -0.15) is 0 Å². The van der Waals surface area contributed by atoms with E-state index >= 15 is 0 Å². The van der Waals surface area contributed by atoms with Gasteiger partial charge in [0.25, 0.3) is 0 Å². The van der Waals surface area contributed by atoms with E-state index in [0.29, 0.717) is 17.3 Å².